The molecule has 1 heterocycles. The largest absolute Gasteiger partial charge is 0.481 e. The minimum atomic E-state index is -3.62. The number of nitrogens with zero attached hydrogens (tertiary/aromatic N) is 1. The molecule has 1 aliphatic heterocycles. The molecule has 144 valence electrons. The highest BCUT2D eigenvalue weighted by Crippen LogP contribution is 2.24. The zero-order valence-corrected chi connectivity index (χ0v) is 16.0. The predicted molar refractivity (Wildman–Crippen MR) is 97.0 cm³/mol. The zero-order chi connectivity index (χ0) is 19.4. The Kier molecular flexibility index (Phi) is 6.41. The summed E-state index contributed by atoms with van der Waals surface area (Å²) in [7, 11) is -3.62. The van der Waals surface area contributed by atoms with E-state index in [1.54, 1.807) is 44.2 Å². The third-order valence-electron chi connectivity index (χ3n) is 4.56. The van der Waals surface area contributed by atoms with Gasteiger partial charge in [-0.15, -0.1) is 0 Å². The molecule has 0 saturated carbocycles. The second-order valence-corrected chi connectivity index (χ2v) is 9.22. The molecule has 0 aliphatic carbocycles. The van der Waals surface area contributed by atoms with Crippen LogP contribution in [0.15, 0.2) is 35.2 Å². The van der Waals surface area contributed by atoms with E-state index < -0.39 is 27.4 Å². The molecule has 26 heavy (non-hydrogen) atoms. The van der Waals surface area contributed by atoms with Gasteiger partial charge in [0.05, 0.1) is 10.8 Å². The summed E-state index contributed by atoms with van der Waals surface area (Å²) in [5.41, 5.74) is -0.657. The summed E-state index contributed by atoms with van der Waals surface area (Å²) >= 11 is 0. The number of carboxylic acids is 1. The smallest absolute Gasteiger partial charge is 0.303 e. The molecular formula is C18H26N2O5S. The fraction of sp³-hybridized carbons (Fsp3) is 0.556. The van der Waals surface area contributed by atoms with Crippen molar-refractivity contribution in [1.29, 1.82) is 0 Å². The molecule has 1 aromatic rings. The summed E-state index contributed by atoms with van der Waals surface area (Å²) in [5, 5.41) is 11.7. The van der Waals surface area contributed by atoms with Crippen molar-refractivity contribution in [3.05, 3.63) is 30.3 Å². The van der Waals surface area contributed by atoms with Gasteiger partial charge in [-0.2, -0.15) is 4.31 Å². The van der Waals surface area contributed by atoms with Crippen LogP contribution in [0.3, 0.4) is 0 Å². The van der Waals surface area contributed by atoms with Crippen molar-refractivity contribution >= 4 is 21.9 Å². The molecule has 1 aliphatic rings. The number of carbonyl (C=O) groups excluding carboxylic acids is 1. The molecule has 0 spiro atoms. The minimum absolute atomic E-state index is 0.0353. The molecule has 1 unspecified atom stereocenters. The van der Waals surface area contributed by atoms with E-state index in [0.29, 0.717) is 25.8 Å². The Balaban J connectivity index is 2.03. The fourth-order valence-corrected chi connectivity index (χ4v) is 4.58. The third kappa shape index (κ3) is 5.28. The number of hydrogen-bond acceptors (Lipinski definition) is 4. The van der Waals surface area contributed by atoms with Gasteiger partial charge >= 0.3 is 5.97 Å². The van der Waals surface area contributed by atoms with Gasteiger partial charge in [0.15, 0.2) is 0 Å². The maximum atomic E-state index is 12.7. The second kappa shape index (κ2) is 8.18. The van der Waals surface area contributed by atoms with Gasteiger partial charge in [-0.1, -0.05) is 18.2 Å². The van der Waals surface area contributed by atoms with Crippen LogP contribution in [-0.2, 0) is 19.6 Å². The highest BCUT2D eigenvalue weighted by molar-refractivity contribution is 7.89. The average molecular weight is 382 g/mol. The standard InChI is InChI=1S/C18H26N2O5S/c1-18(2,11-10-16(21)22)19-17(23)14-7-6-12-20(13-14)26(24,25)15-8-4-3-5-9-15/h3-5,8-9,14H,6-7,10-13H2,1-2H3,(H,19,23)(H,21,22). The monoisotopic (exact) mass is 382 g/mol. The summed E-state index contributed by atoms with van der Waals surface area (Å²) in [5.74, 6) is -1.58. The Bertz CT molecular complexity index is 746. The molecule has 1 atom stereocenters. The molecule has 2 N–H and O–H groups in total. The van der Waals surface area contributed by atoms with E-state index in [2.05, 4.69) is 5.32 Å². The van der Waals surface area contributed by atoms with Crippen LogP contribution in [0.5, 0.6) is 0 Å². The van der Waals surface area contributed by atoms with Crippen molar-refractivity contribution < 1.29 is 23.1 Å². The number of aliphatic carboxylic acids is 1. The van der Waals surface area contributed by atoms with E-state index in [1.807, 2.05) is 0 Å². The molecule has 1 amide bonds. The molecule has 1 saturated heterocycles. The summed E-state index contributed by atoms with van der Waals surface area (Å²) in [6.07, 6.45) is 1.50. The first-order chi connectivity index (χ1) is 12.1. The van der Waals surface area contributed by atoms with E-state index in [9.17, 15) is 18.0 Å². The first-order valence-corrected chi connectivity index (χ1v) is 10.1. The summed E-state index contributed by atoms with van der Waals surface area (Å²) in [6.45, 7) is 4.08. The van der Waals surface area contributed by atoms with Gasteiger partial charge < -0.3 is 10.4 Å². The number of piperidine rings is 1. The van der Waals surface area contributed by atoms with E-state index in [4.69, 9.17) is 5.11 Å². The molecule has 0 radical (unpaired) electrons. The van der Waals surface area contributed by atoms with Crippen molar-refractivity contribution in [3.8, 4) is 0 Å². The van der Waals surface area contributed by atoms with Crippen LogP contribution in [0.4, 0.5) is 0 Å². The van der Waals surface area contributed by atoms with Crippen molar-refractivity contribution in [2.45, 2.75) is 50.0 Å². The topological polar surface area (TPSA) is 104 Å². The number of benzene rings is 1. The summed E-state index contributed by atoms with van der Waals surface area (Å²) in [6, 6.07) is 8.20. The lowest BCUT2D eigenvalue weighted by Gasteiger charge is -2.34. The second-order valence-electron chi connectivity index (χ2n) is 7.28. The van der Waals surface area contributed by atoms with Crippen LogP contribution >= 0.6 is 0 Å². The summed E-state index contributed by atoms with van der Waals surface area (Å²) in [4.78, 5) is 23.5. The van der Waals surface area contributed by atoms with E-state index in [0.717, 1.165) is 0 Å². The Labute approximate surface area is 154 Å². The Morgan fingerprint density at radius 3 is 2.54 bits per heavy atom. The fourth-order valence-electron chi connectivity index (χ4n) is 3.03. The lowest BCUT2D eigenvalue weighted by molar-refractivity contribution is -0.138. The quantitative estimate of drug-likeness (QED) is 0.749. The van der Waals surface area contributed by atoms with Gasteiger partial charge in [-0.3, -0.25) is 9.59 Å². The molecule has 0 aromatic heterocycles. The normalized spacial score (nSPS) is 19.1. The van der Waals surface area contributed by atoms with E-state index in [-0.39, 0.29) is 23.8 Å². The lowest BCUT2D eigenvalue weighted by Crippen LogP contribution is -2.51. The van der Waals surface area contributed by atoms with Crippen LogP contribution in [0, 0.1) is 5.92 Å². The maximum absolute atomic E-state index is 12.7. The molecule has 2 rings (SSSR count). The number of nitrogens with one attached hydrogen (secondary N) is 1. The van der Waals surface area contributed by atoms with Gasteiger partial charge in [-0.25, -0.2) is 8.42 Å². The Hall–Kier alpha value is -1.93. The van der Waals surface area contributed by atoms with Gasteiger partial charge in [0.1, 0.15) is 0 Å². The average Bonchev–Trinajstić information content (AvgIpc) is 2.60. The first kappa shape index (κ1) is 20.4. The lowest BCUT2D eigenvalue weighted by atomic mass is 9.94. The van der Waals surface area contributed by atoms with Crippen molar-refractivity contribution in [1.82, 2.24) is 9.62 Å². The first-order valence-electron chi connectivity index (χ1n) is 8.71. The van der Waals surface area contributed by atoms with Crippen LogP contribution < -0.4 is 5.32 Å². The van der Waals surface area contributed by atoms with Gasteiger partial charge in [0.25, 0.3) is 0 Å². The highest BCUT2D eigenvalue weighted by Gasteiger charge is 2.34. The molecule has 7 nitrogen and oxygen atoms in total. The zero-order valence-electron chi connectivity index (χ0n) is 15.1. The van der Waals surface area contributed by atoms with Crippen LogP contribution in [0.25, 0.3) is 0 Å². The third-order valence-corrected chi connectivity index (χ3v) is 6.44. The van der Waals surface area contributed by atoms with E-state index >= 15 is 0 Å². The summed E-state index contributed by atoms with van der Waals surface area (Å²) < 4.78 is 26.9. The number of rotatable bonds is 7. The number of carboxylic acid groups (broad SMARTS) is 1. The molecule has 8 heteroatoms. The van der Waals surface area contributed by atoms with Crippen LogP contribution in [-0.4, -0.2) is 48.3 Å². The van der Waals surface area contributed by atoms with Gasteiger partial charge in [0.2, 0.25) is 15.9 Å². The van der Waals surface area contributed by atoms with Gasteiger partial charge in [-0.05, 0) is 45.2 Å². The number of amides is 1. The minimum Gasteiger partial charge on any atom is -0.481 e. The van der Waals surface area contributed by atoms with Crippen molar-refractivity contribution in [2.75, 3.05) is 13.1 Å². The highest BCUT2D eigenvalue weighted by atomic mass is 32.2. The number of carbonyl (C=O) groups is 2. The van der Waals surface area contributed by atoms with Crippen LogP contribution in [0.2, 0.25) is 0 Å². The van der Waals surface area contributed by atoms with Crippen molar-refractivity contribution in [3.63, 3.8) is 0 Å². The molecule has 1 aromatic carbocycles. The van der Waals surface area contributed by atoms with E-state index in [1.165, 1.54) is 4.31 Å². The number of sulfonamides is 1. The Morgan fingerprint density at radius 2 is 1.92 bits per heavy atom. The van der Waals surface area contributed by atoms with Crippen molar-refractivity contribution in [2.24, 2.45) is 5.92 Å². The molecule has 1 fully saturated rings. The molecular weight excluding hydrogens is 356 g/mol. The number of hydrogen-bond donors (Lipinski definition) is 2. The SMILES string of the molecule is CC(C)(CCC(=O)O)NC(=O)C1CCCN(S(=O)(=O)c2ccccc2)C1. The van der Waals surface area contributed by atoms with Gasteiger partial charge in [0, 0.05) is 25.0 Å². The van der Waals surface area contributed by atoms with Crippen LogP contribution in [0.1, 0.15) is 39.5 Å². The maximum Gasteiger partial charge on any atom is 0.303 e. The molecule has 0 bridgehead atoms. The Morgan fingerprint density at radius 1 is 1.27 bits per heavy atom. The predicted octanol–water partition coefficient (Wildman–Crippen LogP) is 1.85.